The number of hydrogen-bond acceptors (Lipinski definition) is 6. The molecule has 31 heavy (non-hydrogen) atoms. The SMILES string of the molecule is CN(Cc1ccccc1)c1nc2ncn(CC(=O)NCCC3=CCCCC3)c(=O)c2s1. The molecule has 0 unspecified atom stereocenters. The monoisotopic (exact) mass is 437 g/mol. The second kappa shape index (κ2) is 9.87. The number of allylic oxidation sites excluding steroid dienone is 1. The molecule has 2 heterocycles. The quantitative estimate of drug-likeness (QED) is 0.546. The number of amides is 1. The van der Waals surface area contributed by atoms with Gasteiger partial charge < -0.3 is 10.2 Å². The molecule has 7 nitrogen and oxygen atoms in total. The summed E-state index contributed by atoms with van der Waals surface area (Å²) < 4.78 is 1.83. The Kier molecular flexibility index (Phi) is 6.76. The number of benzene rings is 1. The molecule has 0 fully saturated rings. The zero-order valence-corrected chi connectivity index (χ0v) is 18.5. The summed E-state index contributed by atoms with van der Waals surface area (Å²) >= 11 is 1.31. The summed E-state index contributed by atoms with van der Waals surface area (Å²) in [5.41, 5.74) is 2.77. The Morgan fingerprint density at radius 3 is 2.87 bits per heavy atom. The Labute approximate surface area is 185 Å². The Hall–Kier alpha value is -3.00. The van der Waals surface area contributed by atoms with Gasteiger partial charge in [-0.25, -0.2) is 4.98 Å². The van der Waals surface area contributed by atoms with Gasteiger partial charge in [0.25, 0.3) is 5.56 Å². The maximum Gasteiger partial charge on any atom is 0.273 e. The zero-order valence-electron chi connectivity index (χ0n) is 17.7. The van der Waals surface area contributed by atoms with Crippen LogP contribution < -0.4 is 15.8 Å². The topological polar surface area (TPSA) is 80.1 Å². The first-order valence-electron chi connectivity index (χ1n) is 10.7. The molecule has 0 saturated carbocycles. The van der Waals surface area contributed by atoms with Gasteiger partial charge in [0.15, 0.2) is 10.8 Å². The summed E-state index contributed by atoms with van der Waals surface area (Å²) in [5.74, 6) is -0.175. The van der Waals surface area contributed by atoms with Crippen LogP contribution in [0.2, 0.25) is 0 Å². The molecule has 0 aliphatic heterocycles. The van der Waals surface area contributed by atoms with E-state index in [9.17, 15) is 9.59 Å². The fourth-order valence-electron chi connectivity index (χ4n) is 3.74. The summed E-state index contributed by atoms with van der Waals surface area (Å²) in [6.07, 6.45) is 9.34. The number of thiazole rings is 1. The molecule has 0 radical (unpaired) electrons. The predicted octanol–water partition coefficient (Wildman–Crippen LogP) is 3.50. The molecule has 0 atom stereocenters. The molecule has 0 saturated heterocycles. The van der Waals surface area contributed by atoms with E-state index in [4.69, 9.17) is 0 Å². The third kappa shape index (κ3) is 5.38. The van der Waals surface area contributed by atoms with E-state index in [1.165, 1.54) is 40.6 Å². The maximum atomic E-state index is 12.9. The molecule has 1 aliphatic rings. The van der Waals surface area contributed by atoms with Crippen LogP contribution in [0.3, 0.4) is 0 Å². The molecule has 1 aliphatic carbocycles. The molecule has 4 rings (SSSR count). The Bertz CT molecular complexity index is 1140. The second-order valence-electron chi connectivity index (χ2n) is 7.88. The number of hydrogen-bond donors (Lipinski definition) is 1. The highest BCUT2D eigenvalue weighted by Crippen LogP contribution is 2.25. The number of nitrogens with one attached hydrogen (secondary N) is 1. The van der Waals surface area contributed by atoms with Crippen LogP contribution in [0.1, 0.15) is 37.7 Å². The Balaban J connectivity index is 1.39. The molecule has 1 aromatic carbocycles. The minimum atomic E-state index is -0.230. The van der Waals surface area contributed by atoms with E-state index in [0.717, 1.165) is 30.0 Å². The van der Waals surface area contributed by atoms with E-state index in [1.54, 1.807) is 0 Å². The van der Waals surface area contributed by atoms with Crippen LogP contribution in [-0.2, 0) is 17.9 Å². The lowest BCUT2D eigenvalue weighted by molar-refractivity contribution is -0.121. The van der Waals surface area contributed by atoms with Gasteiger partial charge in [-0.3, -0.25) is 14.2 Å². The van der Waals surface area contributed by atoms with Crippen LogP contribution in [0.4, 0.5) is 5.13 Å². The lowest BCUT2D eigenvalue weighted by Crippen LogP contribution is -2.33. The van der Waals surface area contributed by atoms with Gasteiger partial charge in [0.2, 0.25) is 5.91 Å². The van der Waals surface area contributed by atoms with E-state index in [1.807, 2.05) is 30.1 Å². The second-order valence-corrected chi connectivity index (χ2v) is 8.85. The van der Waals surface area contributed by atoms with E-state index < -0.39 is 0 Å². The smallest absolute Gasteiger partial charge is 0.273 e. The van der Waals surface area contributed by atoms with Crippen LogP contribution in [0.15, 0.2) is 53.1 Å². The maximum absolute atomic E-state index is 12.9. The average molecular weight is 438 g/mol. The highest BCUT2D eigenvalue weighted by atomic mass is 32.1. The van der Waals surface area contributed by atoms with Crippen LogP contribution in [0.5, 0.6) is 0 Å². The standard InChI is InChI=1S/C23H27N5O2S/c1-27(14-18-10-6-3-7-11-18)23-26-21-20(31-23)22(30)28(16-25-21)15-19(29)24-13-12-17-8-4-2-5-9-17/h3,6-8,10-11,16H,2,4-5,9,12-15H2,1H3,(H,24,29). The first-order chi connectivity index (χ1) is 15.1. The number of aromatic nitrogens is 3. The van der Waals surface area contributed by atoms with Crippen LogP contribution in [0, 0.1) is 0 Å². The van der Waals surface area contributed by atoms with Gasteiger partial charge in [-0.15, -0.1) is 0 Å². The van der Waals surface area contributed by atoms with Crippen LogP contribution in [0.25, 0.3) is 10.3 Å². The van der Waals surface area contributed by atoms with Gasteiger partial charge in [-0.2, -0.15) is 4.98 Å². The van der Waals surface area contributed by atoms with E-state index >= 15 is 0 Å². The predicted molar refractivity (Wildman–Crippen MR) is 124 cm³/mol. The molecule has 8 heteroatoms. The van der Waals surface area contributed by atoms with Crippen molar-refractivity contribution in [3.8, 4) is 0 Å². The highest BCUT2D eigenvalue weighted by molar-refractivity contribution is 7.22. The molecular formula is C23H27N5O2S. The normalized spacial score (nSPS) is 13.8. The molecule has 0 bridgehead atoms. The molecule has 3 aromatic rings. The van der Waals surface area contributed by atoms with Crippen molar-refractivity contribution < 1.29 is 4.79 Å². The van der Waals surface area contributed by atoms with Crippen molar-refractivity contribution >= 4 is 32.7 Å². The van der Waals surface area contributed by atoms with Gasteiger partial charge in [-0.05, 0) is 37.7 Å². The van der Waals surface area contributed by atoms with Crippen molar-refractivity contribution in [3.63, 3.8) is 0 Å². The van der Waals surface area contributed by atoms with Gasteiger partial charge in [-0.1, -0.05) is 53.3 Å². The molecule has 1 N–H and O–H groups in total. The van der Waals surface area contributed by atoms with E-state index in [0.29, 0.717) is 23.4 Å². The van der Waals surface area contributed by atoms with Crippen molar-refractivity contribution in [3.05, 3.63) is 64.2 Å². The van der Waals surface area contributed by atoms with E-state index in [2.05, 4.69) is 33.5 Å². The number of rotatable bonds is 8. The number of nitrogens with zero attached hydrogens (tertiary/aromatic N) is 4. The Morgan fingerprint density at radius 2 is 2.10 bits per heavy atom. The summed E-state index contributed by atoms with van der Waals surface area (Å²) in [4.78, 5) is 36.0. The lowest BCUT2D eigenvalue weighted by atomic mass is 9.97. The van der Waals surface area contributed by atoms with Gasteiger partial charge in [0.05, 0.1) is 0 Å². The van der Waals surface area contributed by atoms with Crippen molar-refractivity contribution in [1.29, 1.82) is 0 Å². The number of fused-ring (bicyclic) bond motifs is 1. The van der Waals surface area contributed by atoms with Crippen molar-refractivity contribution in [2.24, 2.45) is 0 Å². The van der Waals surface area contributed by atoms with Crippen LogP contribution >= 0.6 is 11.3 Å². The third-order valence-electron chi connectivity index (χ3n) is 5.43. The highest BCUT2D eigenvalue weighted by Gasteiger charge is 2.15. The minimum absolute atomic E-state index is 0.0338. The first-order valence-corrected chi connectivity index (χ1v) is 11.5. The van der Waals surface area contributed by atoms with Gasteiger partial charge in [0, 0.05) is 20.1 Å². The van der Waals surface area contributed by atoms with Gasteiger partial charge in [0.1, 0.15) is 17.6 Å². The summed E-state index contributed by atoms with van der Waals surface area (Å²) in [7, 11) is 1.94. The fourth-order valence-corrected chi connectivity index (χ4v) is 4.67. The number of carbonyl (C=O) groups excluding carboxylic acids is 1. The minimum Gasteiger partial charge on any atom is -0.354 e. The van der Waals surface area contributed by atoms with Crippen molar-refractivity contribution in [1.82, 2.24) is 19.9 Å². The summed E-state index contributed by atoms with van der Waals surface area (Å²) in [6, 6.07) is 10.1. The lowest BCUT2D eigenvalue weighted by Gasteiger charge is -2.15. The number of carbonyl (C=O) groups is 1. The molecule has 1 amide bonds. The largest absolute Gasteiger partial charge is 0.354 e. The number of anilines is 1. The first kappa shape index (κ1) is 21.2. The molecule has 0 spiro atoms. The van der Waals surface area contributed by atoms with Crippen LogP contribution in [-0.4, -0.2) is 34.0 Å². The average Bonchev–Trinajstić information content (AvgIpc) is 3.23. The van der Waals surface area contributed by atoms with Crippen molar-refractivity contribution in [2.45, 2.75) is 45.2 Å². The molecule has 2 aromatic heterocycles. The van der Waals surface area contributed by atoms with Gasteiger partial charge >= 0.3 is 0 Å². The van der Waals surface area contributed by atoms with E-state index in [-0.39, 0.29) is 18.0 Å². The Morgan fingerprint density at radius 1 is 1.26 bits per heavy atom. The zero-order chi connectivity index (χ0) is 21.6. The molecular weight excluding hydrogens is 410 g/mol. The third-order valence-corrected chi connectivity index (χ3v) is 6.58. The fraction of sp³-hybridized carbons (Fsp3) is 0.391. The summed E-state index contributed by atoms with van der Waals surface area (Å²) in [5, 5.41) is 3.64. The van der Waals surface area contributed by atoms with Crippen molar-refractivity contribution in [2.75, 3.05) is 18.5 Å². The summed E-state index contributed by atoms with van der Waals surface area (Å²) in [6.45, 7) is 1.26. The molecule has 162 valence electrons.